The average molecular weight is 1020 g/mol. The van der Waals surface area contributed by atoms with Gasteiger partial charge >= 0.3 is 0 Å². The lowest BCUT2D eigenvalue weighted by atomic mass is 9.12. The number of ketones is 1. The number of benzene rings is 5. The summed E-state index contributed by atoms with van der Waals surface area (Å²) in [6.07, 6.45) is 10.0. The van der Waals surface area contributed by atoms with Gasteiger partial charge in [-0.1, -0.05) is 82.2 Å². The molecule has 0 spiro atoms. The number of halogens is 20. The monoisotopic (exact) mass is 1020 g/mol. The Balaban J connectivity index is 0.000000308. The van der Waals surface area contributed by atoms with Gasteiger partial charge in [-0.05, 0) is 12.8 Å². The van der Waals surface area contributed by atoms with Crippen molar-refractivity contribution in [3.63, 3.8) is 0 Å². The van der Waals surface area contributed by atoms with Crippen LogP contribution in [0.2, 0.25) is 0 Å². The van der Waals surface area contributed by atoms with Gasteiger partial charge < -0.3 is 0 Å². The topological polar surface area (TPSA) is 33.8 Å². The van der Waals surface area contributed by atoms with Crippen molar-refractivity contribution in [3.05, 3.63) is 177 Å². The predicted octanol–water partition coefficient (Wildman–Crippen LogP) is 10.8. The highest BCUT2D eigenvalue weighted by molar-refractivity contribution is 7.20. The molecule has 0 bridgehead atoms. The summed E-state index contributed by atoms with van der Waals surface area (Å²) in [4.78, 5) is 16.7. The molecule has 0 aliphatic rings. The molecule has 0 radical (unpaired) electrons. The third-order valence-corrected chi connectivity index (χ3v) is 11.2. The summed E-state index contributed by atoms with van der Waals surface area (Å²) in [7, 11) is 0. The molecule has 0 aliphatic heterocycles. The maximum atomic E-state index is 15.4. The van der Waals surface area contributed by atoms with Gasteiger partial charge in [0.15, 0.2) is 82.2 Å². The molecule has 0 fully saturated rings. The molecule has 374 valence electrons. The van der Waals surface area contributed by atoms with E-state index in [0.717, 1.165) is 17.7 Å². The van der Waals surface area contributed by atoms with Gasteiger partial charge in [0.2, 0.25) is 12.3 Å². The predicted molar refractivity (Wildman–Crippen MR) is 211 cm³/mol. The minimum Gasteiger partial charge on any atom is -0.287 e. The van der Waals surface area contributed by atoms with Crippen LogP contribution >= 0.6 is 0 Å². The van der Waals surface area contributed by atoms with E-state index < -0.39 is 144 Å². The summed E-state index contributed by atoms with van der Waals surface area (Å²) in [5.41, 5.74) is -12.5. The number of nitrogens with zero attached hydrogens (tertiary/aromatic N) is 2. The minimum atomic E-state index is -7.22. The molecule has 0 saturated carbocycles. The molecule has 0 amide bonds. The van der Waals surface area contributed by atoms with Crippen molar-refractivity contribution in [3.8, 4) is 0 Å². The van der Waals surface area contributed by atoms with Crippen LogP contribution in [0.1, 0.15) is 74.3 Å². The molecular formula is C46H31BF20N2O. The molecule has 6 rings (SSSR count). The highest BCUT2D eigenvalue weighted by Crippen LogP contribution is 2.31. The second-order valence-electron chi connectivity index (χ2n) is 15.5. The lowest BCUT2D eigenvalue weighted by Gasteiger charge is -2.44. The zero-order valence-electron chi connectivity index (χ0n) is 35.6. The molecule has 0 unspecified atom stereocenters. The molecule has 5 aromatic carbocycles. The van der Waals surface area contributed by atoms with Crippen molar-refractivity contribution in [2.24, 2.45) is 0 Å². The summed E-state index contributed by atoms with van der Waals surface area (Å²) >= 11 is 0. The van der Waals surface area contributed by atoms with Crippen LogP contribution in [0.25, 0.3) is 0 Å². The van der Waals surface area contributed by atoms with Crippen molar-refractivity contribution in [2.75, 3.05) is 0 Å². The molecule has 24 heteroatoms. The number of hydrogen-bond donors (Lipinski definition) is 0. The number of carbonyl (C=O) groups excluding carboxylic acids is 1. The van der Waals surface area contributed by atoms with Crippen LogP contribution in [0, 0.1) is 116 Å². The maximum Gasteiger partial charge on any atom is 0.227 e. The Kier molecular flexibility index (Phi) is 17.5. The number of carbonyl (C=O) groups is 1. The molecule has 3 nitrogen and oxygen atoms in total. The Bertz CT molecular complexity index is 2550. The van der Waals surface area contributed by atoms with Crippen LogP contribution < -0.4 is 26.4 Å². The largest absolute Gasteiger partial charge is 0.287 e. The standard InChI is InChI=1S/C24BF20.C22H31N2O/c26-5-1(6(27)14(35)21(42)13(5)34)25(2-7(28)15(36)22(43)16(37)8(2)29,3-9(30)17(38)23(44)18(39)10(3)31)4-11(32)19(40)24(45)20(41)12(4)33;1-2-3-4-5-6-7-8-12-15-21-18-24(17-16-23-21)19-22(25)20-13-10-9-11-14-20/h;9-11,13-14,16-18H,2-8,12,15,19H2,1H3/q-1;+1. The number of unbranched alkanes of at least 4 members (excludes halogenated alkanes) is 7. The van der Waals surface area contributed by atoms with Crippen molar-refractivity contribution < 1.29 is 97.2 Å². The third kappa shape index (κ3) is 10.1. The fourth-order valence-electron chi connectivity index (χ4n) is 7.91. The van der Waals surface area contributed by atoms with E-state index in [1.807, 2.05) is 47.3 Å². The van der Waals surface area contributed by atoms with Crippen LogP contribution in [0.15, 0.2) is 48.9 Å². The van der Waals surface area contributed by atoms with Gasteiger partial charge in [0, 0.05) is 5.56 Å². The Hall–Kier alpha value is -6.49. The summed E-state index contributed by atoms with van der Waals surface area (Å²) in [5, 5.41) is 0. The van der Waals surface area contributed by atoms with E-state index >= 15 is 35.1 Å². The highest BCUT2D eigenvalue weighted by atomic mass is 19.2. The Morgan fingerprint density at radius 1 is 0.429 bits per heavy atom. The van der Waals surface area contributed by atoms with Gasteiger partial charge in [0.1, 0.15) is 58.4 Å². The van der Waals surface area contributed by atoms with Crippen molar-refractivity contribution in [1.82, 2.24) is 4.98 Å². The molecule has 6 aromatic rings. The van der Waals surface area contributed by atoms with Gasteiger partial charge in [0.25, 0.3) is 0 Å². The Morgan fingerprint density at radius 2 is 0.729 bits per heavy atom. The normalized spacial score (nSPS) is 11.6. The summed E-state index contributed by atoms with van der Waals surface area (Å²) < 4.78 is 296. The summed E-state index contributed by atoms with van der Waals surface area (Å²) in [5.74, 6) is -71.3. The molecule has 0 saturated heterocycles. The van der Waals surface area contributed by atoms with Gasteiger partial charge in [-0.3, -0.25) is 4.79 Å². The second-order valence-corrected chi connectivity index (χ2v) is 15.5. The average Bonchev–Trinajstić information content (AvgIpc) is 3.35. The van der Waals surface area contributed by atoms with E-state index in [0.29, 0.717) is 6.54 Å². The first-order valence-corrected chi connectivity index (χ1v) is 20.6. The smallest absolute Gasteiger partial charge is 0.227 e. The Morgan fingerprint density at radius 3 is 1.06 bits per heavy atom. The van der Waals surface area contributed by atoms with Crippen molar-refractivity contribution in [2.45, 2.75) is 71.3 Å². The summed E-state index contributed by atoms with van der Waals surface area (Å²) in [6.45, 7) is 2.63. The highest BCUT2D eigenvalue weighted by Gasteiger charge is 2.52. The first-order valence-electron chi connectivity index (χ1n) is 20.6. The van der Waals surface area contributed by atoms with Crippen LogP contribution in [0.5, 0.6) is 0 Å². The van der Waals surface area contributed by atoms with E-state index in [4.69, 9.17) is 0 Å². The first-order chi connectivity index (χ1) is 33.0. The Labute approximate surface area is 383 Å². The molecule has 0 aliphatic carbocycles. The number of hydrogen-bond acceptors (Lipinski definition) is 2. The quantitative estimate of drug-likeness (QED) is 0.0184. The van der Waals surface area contributed by atoms with Gasteiger partial charge in [-0.2, -0.15) is 4.57 Å². The minimum absolute atomic E-state index is 0.134. The lowest BCUT2D eigenvalue weighted by molar-refractivity contribution is -0.684. The van der Waals surface area contributed by atoms with Crippen molar-refractivity contribution >= 4 is 33.8 Å². The fourth-order valence-corrected chi connectivity index (χ4v) is 7.91. The number of aromatic nitrogens is 2. The van der Waals surface area contributed by atoms with Gasteiger partial charge in [0.05, 0.1) is 6.20 Å². The fraction of sp³-hybridized carbons (Fsp3) is 0.239. The maximum absolute atomic E-state index is 15.4. The van der Waals surface area contributed by atoms with E-state index in [9.17, 15) is 57.5 Å². The summed E-state index contributed by atoms with van der Waals surface area (Å²) in [6, 6.07) is 9.46. The molecular weight excluding hydrogens is 987 g/mol. The zero-order valence-corrected chi connectivity index (χ0v) is 35.6. The third-order valence-electron chi connectivity index (χ3n) is 11.2. The number of aryl methyl sites for hydroxylation is 1. The number of Topliss-reactive ketones (excluding diaryl/α,β-unsaturated/α-hetero) is 1. The second kappa shape index (κ2) is 22.5. The molecule has 70 heavy (non-hydrogen) atoms. The van der Waals surface area contributed by atoms with E-state index in [-0.39, 0.29) is 5.78 Å². The molecule has 1 aromatic heterocycles. The van der Waals surface area contributed by atoms with Crippen LogP contribution in [-0.4, -0.2) is 16.9 Å². The lowest BCUT2D eigenvalue weighted by Crippen LogP contribution is -2.81. The zero-order chi connectivity index (χ0) is 52.1. The van der Waals surface area contributed by atoms with Crippen molar-refractivity contribution in [1.29, 1.82) is 0 Å². The number of rotatable bonds is 16. The van der Waals surface area contributed by atoms with Crippen LogP contribution in [-0.2, 0) is 13.0 Å². The van der Waals surface area contributed by atoms with Crippen LogP contribution in [0.4, 0.5) is 87.8 Å². The van der Waals surface area contributed by atoms with Gasteiger partial charge in [-0.25, -0.2) is 92.8 Å². The van der Waals surface area contributed by atoms with E-state index in [1.54, 1.807) is 6.20 Å². The van der Waals surface area contributed by atoms with Gasteiger partial charge in [-0.15, -0.1) is 21.9 Å². The first kappa shape index (κ1) is 54.5. The van der Waals surface area contributed by atoms with E-state index in [2.05, 4.69) is 11.9 Å². The molecule has 0 atom stereocenters. The molecule has 1 heterocycles. The molecule has 0 N–H and O–H groups in total. The van der Waals surface area contributed by atoms with E-state index in [1.165, 1.54) is 51.4 Å². The SMILES string of the molecule is CCCCCCCCCCc1c[n+](CC(=O)c2ccccc2)ccn1.Fc1c(F)c(F)c([B-](c2c(F)c(F)c(F)c(F)c2F)(c2c(F)c(F)c(F)c(F)c2F)c2c(F)c(F)c(F)c(F)c2F)c(F)c1F. The van der Waals surface area contributed by atoms with Crippen LogP contribution in [0.3, 0.4) is 0 Å².